The summed E-state index contributed by atoms with van der Waals surface area (Å²) < 4.78 is 0. The molecule has 0 aromatic carbocycles. The van der Waals surface area contributed by atoms with Gasteiger partial charge >= 0.3 is 0 Å². The quantitative estimate of drug-likeness (QED) is 0.192. The second-order valence-electron chi connectivity index (χ2n) is 6.58. The Bertz CT molecular complexity index is 240. The van der Waals surface area contributed by atoms with E-state index in [0.29, 0.717) is 6.04 Å². The minimum absolute atomic E-state index is 0.664. The van der Waals surface area contributed by atoms with Gasteiger partial charge in [0.15, 0.2) is 0 Å². The Morgan fingerprint density at radius 3 is 1.91 bits per heavy atom. The standard InChI is InChI=1S/C20H41NS/c1-4-6-7-8-9-10-11-12-13-14-15-16-17-18-20(19-22)21(3)5-2/h12-13,20,22H,4-11,14-19H2,1-3H3/b13-12-. The Morgan fingerprint density at radius 1 is 0.818 bits per heavy atom. The van der Waals surface area contributed by atoms with Crippen LogP contribution in [0.4, 0.5) is 0 Å². The van der Waals surface area contributed by atoms with Gasteiger partial charge in [0, 0.05) is 11.8 Å². The fourth-order valence-electron chi connectivity index (χ4n) is 2.81. The van der Waals surface area contributed by atoms with Crippen LogP contribution in [0.1, 0.15) is 90.9 Å². The molecular weight excluding hydrogens is 286 g/mol. The van der Waals surface area contributed by atoms with E-state index >= 15 is 0 Å². The van der Waals surface area contributed by atoms with Crippen molar-refractivity contribution in [1.82, 2.24) is 4.90 Å². The fraction of sp³-hybridized carbons (Fsp3) is 0.900. The Labute approximate surface area is 146 Å². The van der Waals surface area contributed by atoms with Gasteiger partial charge in [0.2, 0.25) is 0 Å². The van der Waals surface area contributed by atoms with Crippen LogP contribution in [0, 0.1) is 0 Å². The van der Waals surface area contributed by atoms with Gasteiger partial charge in [-0.15, -0.1) is 0 Å². The number of nitrogens with zero attached hydrogens (tertiary/aromatic N) is 1. The number of hydrogen-bond acceptors (Lipinski definition) is 2. The normalized spacial score (nSPS) is 13.3. The molecule has 1 atom stereocenters. The molecule has 22 heavy (non-hydrogen) atoms. The summed E-state index contributed by atoms with van der Waals surface area (Å²) in [5.41, 5.74) is 0. The van der Waals surface area contributed by atoms with E-state index in [0.717, 1.165) is 12.3 Å². The van der Waals surface area contributed by atoms with Crippen LogP contribution in [0.3, 0.4) is 0 Å². The van der Waals surface area contributed by atoms with Crippen molar-refractivity contribution >= 4 is 12.6 Å². The van der Waals surface area contributed by atoms with Gasteiger partial charge < -0.3 is 4.90 Å². The van der Waals surface area contributed by atoms with E-state index in [-0.39, 0.29) is 0 Å². The highest BCUT2D eigenvalue weighted by Crippen LogP contribution is 2.12. The molecular formula is C20H41NS. The van der Waals surface area contributed by atoms with Crippen LogP contribution in [0.2, 0.25) is 0 Å². The van der Waals surface area contributed by atoms with E-state index < -0.39 is 0 Å². The van der Waals surface area contributed by atoms with E-state index in [1.54, 1.807) is 0 Å². The minimum Gasteiger partial charge on any atom is -0.303 e. The van der Waals surface area contributed by atoms with Gasteiger partial charge in [-0.1, -0.05) is 70.9 Å². The van der Waals surface area contributed by atoms with Crippen molar-refractivity contribution in [2.45, 2.75) is 96.9 Å². The number of hydrogen-bond donors (Lipinski definition) is 1. The van der Waals surface area contributed by atoms with Crippen LogP contribution >= 0.6 is 12.6 Å². The summed E-state index contributed by atoms with van der Waals surface area (Å²) >= 11 is 4.47. The molecule has 0 bridgehead atoms. The van der Waals surface area contributed by atoms with Crippen molar-refractivity contribution in [3.05, 3.63) is 12.2 Å². The predicted octanol–water partition coefficient (Wildman–Crippen LogP) is 6.49. The number of unbranched alkanes of at least 4 members (excludes halogenated alkanes) is 9. The van der Waals surface area contributed by atoms with Gasteiger partial charge in [-0.25, -0.2) is 0 Å². The fourth-order valence-corrected chi connectivity index (χ4v) is 3.27. The van der Waals surface area contributed by atoms with E-state index in [1.807, 2.05) is 0 Å². The largest absolute Gasteiger partial charge is 0.303 e. The molecule has 0 amide bonds. The monoisotopic (exact) mass is 327 g/mol. The molecule has 0 saturated heterocycles. The maximum absolute atomic E-state index is 4.47. The third-order valence-corrected chi connectivity index (χ3v) is 5.05. The highest BCUT2D eigenvalue weighted by Gasteiger charge is 2.10. The number of thiol groups is 1. The summed E-state index contributed by atoms with van der Waals surface area (Å²) in [4.78, 5) is 2.42. The summed E-state index contributed by atoms with van der Waals surface area (Å²) in [6.45, 7) is 5.64. The average Bonchev–Trinajstić information content (AvgIpc) is 2.54. The van der Waals surface area contributed by atoms with Gasteiger partial charge in [0.1, 0.15) is 0 Å². The first-order valence-electron chi connectivity index (χ1n) is 9.72. The molecule has 132 valence electrons. The molecule has 0 heterocycles. The molecule has 1 unspecified atom stereocenters. The van der Waals surface area contributed by atoms with Crippen molar-refractivity contribution in [3.8, 4) is 0 Å². The van der Waals surface area contributed by atoms with E-state index in [9.17, 15) is 0 Å². The Hall–Kier alpha value is 0.0500. The van der Waals surface area contributed by atoms with Crippen molar-refractivity contribution in [3.63, 3.8) is 0 Å². The third kappa shape index (κ3) is 13.7. The second-order valence-corrected chi connectivity index (χ2v) is 6.94. The molecule has 0 radical (unpaired) electrons. The smallest absolute Gasteiger partial charge is 0.0180 e. The van der Waals surface area contributed by atoms with Crippen LogP contribution in [0.25, 0.3) is 0 Å². The number of rotatable bonds is 16. The van der Waals surface area contributed by atoms with E-state index in [4.69, 9.17) is 0 Å². The SMILES string of the molecule is CCCCCCCC/C=C\CCCCCC(CS)N(C)CC. The molecule has 0 aliphatic rings. The van der Waals surface area contributed by atoms with Crippen molar-refractivity contribution in [2.75, 3.05) is 19.3 Å². The highest BCUT2D eigenvalue weighted by atomic mass is 32.1. The Balaban J connectivity index is 3.33. The van der Waals surface area contributed by atoms with Crippen molar-refractivity contribution in [2.24, 2.45) is 0 Å². The van der Waals surface area contributed by atoms with Crippen LogP contribution in [-0.2, 0) is 0 Å². The lowest BCUT2D eigenvalue weighted by atomic mass is 10.1. The first-order valence-corrected chi connectivity index (χ1v) is 10.4. The highest BCUT2D eigenvalue weighted by molar-refractivity contribution is 7.80. The summed E-state index contributed by atoms with van der Waals surface area (Å²) in [7, 11) is 2.21. The third-order valence-electron chi connectivity index (χ3n) is 4.63. The van der Waals surface area contributed by atoms with Crippen LogP contribution in [0.15, 0.2) is 12.2 Å². The second kappa shape index (κ2) is 17.4. The summed E-state index contributed by atoms with van der Waals surface area (Å²) in [6.07, 6.45) is 21.2. The van der Waals surface area contributed by atoms with E-state index in [1.165, 1.54) is 77.0 Å². The van der Waals surface area contributed by atoms with Gasteiger partial charge in [-0.2, -0.15) is 12.6 Å². The molecule has 0 aliphatic heterocycles. The zero-order valence-electron chi connectivity index (χ0n) is 15.5. The maximum Gasteiger partial charge on any atom is 0.0180 e. The lowest BCUT2D eigenvalue weighted by molar-refractivity contribution is 0.258. The molecule has 0 N–H and O–H groups in total. The lowest BCUT2D eigenvalue weighted by Gasteiger charge is -2.25. The van der Waals surface area contributed by atoms with Gasteiger partial charge in [0.25, 0.3) is 0 Å². The predicted molar refractivity (Wildman–Crippen MR) is 106 cm³/mol. The van der Waals surface area contributed by atoms with Crippen LogP contribution < -0.4 is 0 Å². The minimum atomic E-state index is 0.664. The molecule has 0 aromatic rings. The lowest BCUT2D eigenvalue weighted by Crippen LogP contribution is -2.32. The van der Waals surface area contributed by atoms with Crippen molar-refractivity contribution in [1.29, 1.82) is 0 Å². The first-order chi connectivity index (χ1) is 10.8. The van der Waals surface area contributed by atoms with Gasteiger partial charge in [0.05, 0.1) is 0 Å². The zero-order chi connectivity index (χ0) is 16.5. The van der Waals surface area contributed by atoms with Crippen LogP contribution in [-0.4, -0.2) is 30.3 Å². The molecule has 0 spiro atoms. The van der Waals surface area contributed by atoms with Gasteiger partial charge in [-0.05, 0) is 45.7 Å². The van der Waals surface area contributed by atoms with Crippen LogP contribution in [0.5, 0.6) is 0 Å². The van der Waals surface area contributed by atoms with Gasteiger partial charge in [-0.3, -0.25) is 0 Å². The number of allylic oxidation sites excluding steroid dienone is 2. The topological polar surface area (TPSA) is 3.24 Å². The zero-order valence-corrected chi connectivity index (χ0v) is 16.4. The molecule has 0 aromatic heterocycles. The summed E-state index contributed by atoms with van der Waals surface area (Å²) in [6, 6.07) is 0.664. The first kappa shape index (κ1) is 22.1. The molecule has 0 aliphatic carbocycles. The molecule has 0 rings (SSSR count). The Kier molecular flexibility index (Phi) is 17.4. The molecule has 1 nitrogen and oxygen atoms in total. The van der Waals surface area contributed by atoms with Crippen molar-refractivity contribution < 1.29 is 0 Å². The summed E-state index contributed by atoms with van der Waals surface area (Å²) in [5.74, 6) is 0.989. The molecule has 2 heteroatoms. The molecule has 0 fully saturated rings. The summed E-state index contributed by atoms with van der Waals surface area (Å²) in [5, 5.41) is 0. The average molecular weight is 328 g/mol. The Morgan fingerprint density at radius 2 is 1.36 bits per heavy atom. The maximum atomic E-state index is 4.47. The molecule has 0 saturated carbocycles. The van der Waals surface area contributed by atoms with E-state index in [2.05, 4.69) is 50.6 Å².